The zero-order chi connectivity index (χ0) is 13.7. The molecule has 19 heavy (non-hydrogen) atoms. The monoisotopic (exact) mass is 266 g/mol. The van der Waals surface area contributed by atoms with Gasteiger partial charge < -0.3 is 19.7 Å². The number of hydrogen-bond acceptors (Lipinski definition) is 6. The highest BCUT2D eigenvalue weighted by Gasteiger charge is 2.20. The van der Waals surface area contributed by atoms with Crippen LogP contribution >= 0.6 is 0 Å². The molecule has 1 N–H and O–H groups in total. The number of ether oxygens (including phenoxy) is 2. The van der Waals surface area contributed by atoms with Crippen molar-refractivity contribution in [2.24, 2.45) is 0 Å². The minimum Gasteiger partial charge on any atom is -0.481 e. The maximum absolute atomic E-state index is 5.19. The molecule has 1 unspecified atom stereocenters. The van der Waals surface area contributed by atoms with E-state index in [-0.39, 0.29) is 0 Å². The van der Waals surface area contributed by atoms with Crippen LogP contribution in [0.4, 0.5) is 5.95 Å². The summed E-state index contributed by atoms with van der Waals surface area (Å²) in [6.45, 7) is 2.13. The van der Waals surface area contributed by atoms with Crippen molar-refractivity contribution in [1.29, 1.82) is 0 Å². The molecule has 0 spiro atoms. The molecule has 0 radical (unpaired) electrons. The van der Waals surface area contributed by atoms with E-state index >= 15 is 0 Å². The van der Waals surface area contributed by atoms with Crippen LogP contribution in [-0.4, -0.2) is 50.4 Å². The molecule has 1 saturated heterocycles. The summed E-state index contributed by atoms with van der Waals surface area (Å²) in [5.41, 5.74) is 0. The van der Waals surface area contributed by atoms with E-state index in [2.05, 4.69) is 20.2 Å². The van der Waals surface area contributed by atoms with Crippen molar-refractivity contribution < 1.29 is 9.47 Å². The molecule has 0 aliphatic carbocycles. The average molecular weight is 266 g/mol. The van der Waals surface area contributed by atoms with Gasteiger partial charge in [-0.2, -0.15) is 9.97 Å². The van der Waals surface area contributed by atoms with Gasteiger partial charge in [0.15, 0.2) is 0 Å². The van der Waals surface area contributed by atoms with E-state index in [1.165, 1.54) is 6.42 Å². The summed E-state index contributed by atoms with van der Waals surface area (Å²) in [7, 11) is 5.23. The second kappa shape index (κ2) is 6.56. The number of anilines is 1. The normalized spacial score (nSPS) is 19.6. The Labute approximate surface area is 114 Å². The summed E-state index contributed by atoms with van der Waals surface area (Å²) in [5.74, 6) is 1.71. The zero-order valence-electron chi connectivity index (χ0n) is 11.8. The van der Waals surface area contributed by atoms with Gasteiger partial charge >= 0.3 is 0 Å². The van der Waals surface area contributed by atoms with Gasteiger partial charge in [0.2, 0.25) is 17.7 Å². The Balaban J connectivity index is 2.18. The maximum atomic E-state index is 5.19. The molecule has 1 aromatic heterocycles. The van der Waals surface area contributed by atoms with Gasteiger partial charge in [-0.3, -0.25) is 0 Å². The van der Waals surface area contributed by atoms with E-state index in [0.29, 0.717) is 23.8 Å². The number of nitrogens with one attached hydrogen (secondary N) is 1. The van der Waals surface area contributed by atoms with E-state index in [1.54, 1.807) is 20.3 Å². The van der Waals surface area contributed by atoms with Crippen LogP contribution in [0.3, 0.4) is 0 Å². The van der Waals surface area contributed by atoms with Gasteiger partial charge in [0, 0.05) is 13.1 Å². The highest BCUT2D eigenvalue weighted by molar-refractivity contribution is 5.37. The summed E-state index contributed by atoms with van der Waals surface area (Å²) < 4.78 is 10.4. The summed E-state index contributed by atoms with van der Waals surface area (Å²) in [6.07, 6.45) is 3.42. The standard InChI is InChI=1S/C13H22N4O2/c1-17(10-5-4-7-14-8-6-10)13-15-11(18-2)9-12(16-13)19-3/h9-10,14H,4-8H2,1-3H3. The Morgan fingerprint density at radius 2 is 1.84 bits per heavy atom. The number of methoxy groups -OCH3 is 2. The molecule has 106 valence electrons. The molecule has 0 amide bonds. The third-order valence-corrected chi connectivity index (χ3v) is 3.49. The molecule has 1 aliphatic rings. The van der Waals surface area contributed by atoms with Crippen LogP contribution < -0.4 is 19.7 Å². The van der Waals surface area contributed by atoms with Crippen LogP contribution in [-0.2, 0) is 0 Å². The minimum absolute atomic E-state index is 0.451. The molecule has 2 rings (SSSR count). The average Bonchev–Trinajstić information content (AvgIpc) is 2.74. The lowest BCUT2D eigenvalue weighted by Crippen LogP contribution is -2.33. The predicted octanol–water partition coefficient (Wildman–Crippen LogP) is 1.07. The van der Waals surface area contributed by atoms with Gasteiger partial charge in [0.25, 0.3) is 0 Å². The van der Waals surface area contributed by atoms with Crippen LogP contribution in [0.15, 0.2) is 6.07 Å². The lowest BCUT2D eigenvalue weighted by Gasteiger charge is -2.27. The van der Waals surface area contributed by atoms with Crippen LogP contribution in [0, 0.1) is 0 Å². The number of nitrogens with zero attached hydrogens (tertiary/aromatic N) is 3. The fourth-order valence-electron chi connectivity index (χ4n) is 2.31. The van der Waals surface area contributed by atoms with Gasteiger partial charge in [-0.25, -0.2) is 0 Å². The second-order valence-corrected chi connectivity index (χ2v) is 4.70. The van der Waals surface area contributed by atoms with Crippen LogP contribution in [0.2, 0.25) is 0 Å². The summed E-state index contributed by atoms with van der Waals surface area (Å²) >= 11 is 0. The zero-order valence-corrected chi connectivity index (χ0v) is 11.8. The first-order valence-corrected chi connectivity index (χ1v) is 6.65. The largest absolute Gasteiger partial charge is 0.481 e. The van der Waals surface area contributed by atoms with Crippen LogP contribution in [0.5, 0.6) is 11.8 Å². The van der Waals surface area contributed by atoms with Gasteiger partial charge in [0.1, 0.15) is 0 Å². The van der Waals surface area contributed by atoms with Crippen LogP contribution in [0.25, 0.3) is 0 Å². The summed E-state index contributed by atoms with van der Waals surface area (Å²) in [6, 6.07) is 2.14. The molecular weight excluding hydrogens is 244 g/mol. The minimum atomic E-state index is 0.451. The lowest BCUT2D eigenvalue weighted by molar-refractivity contribution is 0.370. The van der Waals surface area contributed by atoms with Crippen molar-refractivity contribution in [3.8, 4) is 11.8 Å². The highest BCUT2D eigenvalue weighted by Crippen LogP contribution is 2.23. The highest BCUT2D eigenvalue weighted by atomic mass is 16.5. The quantitative estimate of drug-likeness (QED) is 0.880. The van der Waals surface area contributed by atoms with Crippen molar-refractivity contribution in [2.45, 2.75) is 25.3 Å². The molecule has 0 saturated carbocycles. The first kappa shape index (κ1) is 13.9. The molecule has 0 bridgehead atoms. The molecule has 2 heterocycles. The molecule has 1 aliphatic heterocycles. The molecule has 1 atom stereocenters. The smallest absolute Gasteiger partial charge is 0.231 e. The summed E-state index contributed by atoms with van der Waals surface area (Å²) in [5, 5.41) is 3.41. The Morgan fingerprint density at radius 3 is 2.47 bits per heavy atom. The van der Waals surface area contributed by atoms with E-state index in [4.69, 9.17) is 9.47 Å². The Morgan fingerprint density at radius 1 is 1.16 bits per heavy atom. The van der Waals surface area contributed by atoms with E-state index in [1.807, 2.05) is 7.05 Å². The van der Waals surface area contributed by atoms with Crippen molar-refractivity contribution >= 4 is 5.95 Å². The first-order chi connectivity index (χ1) is 9.24. The lowest BCUT2D eigenvalue weighted by atomic mass is 10.1. The molecule has 6 nitrogen and oxygen atoms in total. The van der Waals surface area contributed by atoms with E-state index in [9.17, 15) is 0 Å². The molecule has 1 fully saturated rings. The first-order valence-electron chi connectivity index (χ1n) is 6.65. The third kappa shape index (κ3) is 3.47. The predicted molar refractivity (Wildman–Crippen MR) is 74.0 cm³/mol. The van der Waals surface area contributed by atoms with Crippen LogP contribution in [0.1, 0.15) is 19.3 Å². The number of aromatic nitrogens is 2. The van der Waals surface area contributed by atoms with Gasteiger partial charge in [-0.15, -0.1) is 0 Å². The van der Waals surface area contributed by atoms with Crippen molar-refractivity contribution in [2.75, 3.05) is 39.3 Å². The van der Waals surface area contributed by atoms with E-state index < -0.39 is 0 Å². The summed E-state index contributed by atoms with van der Waals surface area (Å²) in [4.78, 5) is 10.9. The molecule has 6 heteroatoms. The maximum Gasteiger partial charge on any atom is 0.231 e. The number of hydrogen-bond donors (Lipinski definition) is 1. The number of rotatable bonds is 4. The van der Waals surface area contributed by atoms with E-state index in [0.717, 1.165) is 25.9 Å². The molecule has 1 aromatic rings. The Hall–Kier alpha value is -1.56. The van der Waals surface area contributed by atoms with Crippen molar-refractivity contribution in [3.63, 3.8) is 0 Å². The fraction of sp³-hybridized carbons (Fsp3) is 0.692. The van der Waals surface area contributed by atoms with Gasteiger partial charge in [-0.05, 0) is 32.4 Å². The van der Waals surface area contributed by atoms with Crippen molar-refractivity contribution in [1.82, 2.24) is 15.3 Å². The second-order valence-electron chi connectivity index (χ2n) is 4.70. The fourth-order valence-corrected chi connectivity index (χ4v) is 2.31. The third-order valence-electron chi connectivity index (χ3n) is 3.49. The Bertz CT molecular complexity index is 383. The van der Waals surface area contributed by atoms with Gasteiger partial charge in [0.05, 0.1) is 20.3 Å². The SMILES string of the molecule is COc1cc(OC)nc(N(C)C2CCCNCC2)n1. The van der Waals surface area contributed by atoms with Crippen molar-refractivity contribution in [3.05, 3.63) is 6.07 Å². The molecular formula is C13H22N4O2. The topological polar surface area (TPSA) is 59.5 Å². The molecule has 0 aromatic carbocycles. The Kier molecular flexibility index (Phi) is 4.79. The van der Waals surface area contributed by atoms with Gasteiger partial charge in [-0.1, -0.05) is 0 Å².